The maximum Gasteiger partial charge on any atom is 0.239 e. The Morgan fingerprint density at radius 3 is 3.00 bits per heavy atom. The van der Waals surface area contributed by atoms with Gasteiger partial charge in [0.2, 0.25) is 5.91 Å². The molecular formula is C10H18N2O4. The SMILES string of the molecule is O=C(NCC1(O)CCOC1)C1COCCN1. The second-order valence-electron chi connectivity index (χ2n) is 4.33. The van der Waals surface area contributed by atoms with Gasteiger partial charge in [-0.1, -0.05) is 0 Å². The lowest BCUT2D eigenvalue weighted by atomic mass is 10.0. The van der Waals surface area contributed by atoms with Gasteiger partial charge in [0.15, 0.2) is 0 Å². The van der Waals surface area contributed by atoms with Crippen LogP contribution in [-0.4, -0.2) is 62.2 Å². The quantitative estimate of drug-likeness (QED) is 0.535. The van der Waals surface area contributed by atoms with Gasteiger partial charge in [-0.15, -0.1) is 0 Å². The Kier molecular flexibility index (Phi) is 3.75. The fraction of sp³-hybridized carbons (Fsp3) is 0.900. The van der Waals surface area contributed by atoms with Gasteiger partial charge in [0.05, 0.1) is 19.8 Å². The lowest BCUT2D eigenvalue weighted by Crippen LogP contribution is -2.54. The van der Waals surface area contributed by atoms with Crippen LogP contribution in [0.15, 0.2) is 0 Å². The van der Waals surface area contributed by atoms with Gasteiger partial charge in [-0.2, -0.15) is 0 Å². The topological polar surface area (TPSA) is 79.8 Å². The van der Waals surface area contributed by atoms with Gasteiger partial charge in [0.25, 0.3) is 0 Å². The summed E-state index contributed by atoms with van der Waals surface area (Å²) in [5.41, 5.74) is -0.898. The van der Waals surface area contributed by atoms with Crippen molar-refractivity contribution in [2.75, 3.05) is 39.5 Å². The monoisotopic (exact) mass is 230 g/mol. The summed E-state index contributed by atoms with van der Waals surface area (Å²) in [6.07, 6.45) is 0.571. The van der Waals surface area contributed by atoms with Crippen molar-refractivity contribution in [1.82, 2.24) is 10.6 Å². The molecule has 0 aromatic carbocycles. The molecule has 16 heavy (non-hydrogen) atoms. The minimum atomic E-state index is -0.898. The first kappa shape index (κ1) is 11.8. The lowest BCUT2D eigenvalue weighted by molar-refractivity contribution is -0.127. The predicted molar refractivity (Wildman–Crippen MR) is 56.0 cm³/mol. The van der Waals surface area contributed by atoms with E-state index < -0.39 is 5.60 Å². The van der Waals surface area contributed by atoms with Crippen molar-refractivity contribution in [1.29, 1.82) is 0 Å². The third-order valence-corrected chi connectivity index (χ3v) is 2.91. The Bertz CT molecular complexity index is 247. The number of carbonyl (C=O) groups is 1. The number of carbonyl (C=O) groups excluding carboxylic acids is 1. The van der Waals surface area contributed by atoms with Gasteiger partial charge < -0.3 is 25.2 Å². The highest BCUT2D eigenvalue weighted by molar-refractivity contribution is 5.82. The van der Waals surface area contributed by atoms with Crippen LogP contribution in [0.1, 0.15) is 6.42 Å². The highest BCUT2D eigenvalue weighted by Gasteiger charge is 2.33. The standard InChI is InChI=1S/C10H18N2O4/c13-9(8-5-15-4-2-11-8)12-6-10(14)1-3-16-7-10/h8,11,14H,1-7H2,(H,12,13). The minimum absolute atomic E-state index is 0.125. The number of aliphatic hydroxyl groups is 1. The predicted octanol–water partition coefficient (Wildman–Crippen LogP) is -1.76. The van der Waals surface area contributed by atoms with Gasteiger partial charge in [-0.25, -0.2) is 0 Å². The zero-order valence-electron chi connectivity index (χ0n) is 9.20. The molecule has 2 atom stereocenters. The van der Waals surface area contributed by atoms with Gasteiger partial charge >= 0.3 is 0 Å². The van der Waals surface area contributed by atoms with Crippen LogP contribution in [0.2, 0.25) is 0 Å². The van der Waals surface area contributed by atoms with Crippen molar-refractivity contribution in [3.05, 3.63) is 0 Å². The zero-order valence-corrected chi connectivity index (χ0v) is 9.20. The zero-order chi connectivity index (χ0) is 11.4. The molecule has 2 heterocycles. The van der Waals surface area contributed by atoms with Crippen molar-refractivity contribution in [3.8, 4) is 0 Å². The third kappa shape index (κ3) is 2.91. The second-order valence-corrected chi connectivity index (χ2v) is 4.33. The first-order chi connectivity index (χ1) is 7.70. The molecule has 0 aliphatic carbocycles. The van der Waals surface area contributed by atoms with Gasteiger partial charge in [0, 0.05) is 26.1 Å². The number of ether oxygens (including phenoxy) is 2. The molecule has 1 amide bonds. The molecule has 2 saturated heterocycles. The normalized spacial score (nSPS) is 34.9. The van der Waals surface area contributed by atoms with Gasteiger partial charge in [-0.3, -0.25) is 4.79 Å². The van der Waals surface area contributed by atoms with Crippen LogP contribution in [0.25, 0.3) is 0 Å². The van der Waals surface area contributed by atoms with E-state index in [1.165, 1.54) is 0 Å². The Morgan fingerprint density at radius 2 is 2.38 bits per heavy atom. The van der Waals surface area contributed by atoms with E-state index in [2.05, 4.69) is 10.6 Å². The van der Waals surface area contributed by atoms with Crippen LogP contribution < -0.4 is 10.6 Å². The van der Waals surface area contributed by atoms with Crippen LogP contribution in [0.3, 0.4) is 0 Å². The summed E-state index contributed by atoms with van der Waals surface area (Å²) in [5.74, 6) is -0.125. The van der Waals surface area contributed by atoms with E-state index in [0.29, 0.717) is 39.4 Å². The molecule has 92 valence electrons. The molecule has 2 unspecified atom stereocenters. The molecule has 0 saturated carbocycles. The number of nitrogens with one attached hydrogen (secondary N) is 2. The number of hydrogen-bond donors (Lipinski definition) is 3. The Balaban J connectivity index is 1.74. The summed E-state index contributed by atoms with van der Waals surface area (Å²) in [6.45, 7) is 2.80. The molecule has 3 N–H and O–H groups in total. The highest BCUT2D eigenvalue weighted by Crippen LogP contribution is 2.16. The van der Waals surface area contributed by atoms with E-state index in [4.69, 9.17) is 9.47 Å². The molecule has 2 aliphatic rings. The maximum absolute atomic E-state index is 11.7. The minimum Gasteiger partial charge on any atom is -0.386 e. The molecule has 0 aromatic rings. The molecule has 0 aromatic heterocycles. The van der Waals surface area contributed by atoms with Crippen molar-refractivity contribution in [2.45, 2.75) is 18.1 Å². The summed E-state index contributed by atoms with van der Waals surface area (Å²) < 4.78 is 10.3. The molecule has 6 heteroatoms. The van der Waals surface area contributed by atoms with Crippen LogP contribution in [0.4, 0.5) is 0 Å². The van der Waals surface area contributed by atoms with Crippen molar-refractivity contribution < 1.29 is 19.4 Å². The fourth-order valence-corrected chi connectivity index (χ4v) is 1.84. The van der Waals surface area contributed by atoms with Crippen molar-refractivity contribution >= 4 is 5.91 Å². The van der Waals surface area contributed by atoms with Crippen LogP contribution in [0, 0.1) is 0 Å². The molecule has 2 aliphatic heterocycles. The van der Waals surface area contributed by atoms with Gasteiger partial charge in [-0.05, 0) is 0 Å². The van der Waals surface area contributed by atoms with E-state index in [0.717, 1.165) is 0 Å². The molecule has 0 radical (unpaired) electrons. The summed E-state index contributed by atoms with van der Waals surface area (Å²) in [6, 6.07) is -0.306. The van der Waals surface area contributed by atoms with Gasteiger partial charge in [0.1, 0.15) is 11.6 Å². The maximum atomic E-state index is 11.7. The molecule has 0 spiro atoms. The number of amides is 1. The molecule has 0 bridgehead atoms. The van der Waals surface area contributed by atoms with Crippen molar-refractivity contribution in [3.63, 3.8) is 0 Å². The largest absolute Gasteiger partial charge is 0.386 e. The van der Waals surface area contributed by atoms with Crippen LogP contribution in [0.5, 0.6) is 0 Å². The van der Waals surface area contributed by atoms with E-state index in [9.17, 15) is 9.90 Å². The number of rotatable bonds is 3. The first-order valence-electron chi connectivity index (χ1n) is 5.59. The van der Waals surface area contributed by atoms with Crippen LogP contribution in [-0.2, 0) is 14.3 Å². The average Bonchev–Trinajstić information content (AvgIpc) is 2.75. The highest BCUT2D eigenvalue weighted by atomic mass is 16.5. The smallest absolute Gasteiger partial charge is 0.239 e. The van der Waals surface area contributed by atoms with E-state index in [1.54, 1.807) is 0 Å². The van der Waals surface area contributed by atoms with E-state index >= 15 is 0 Å². The number of morpholine rings is 1. The molecule has 6 nitrogen and oxygen atoms in total. The Labute approximate surface area is 94.3 Å². The average molecular weight is 230 g/mol. The third-order valence-electron chi connectivity index (χ3n) is 2.91. The summed E-state index contributed by atoms with van der Waals surface area (Å²) in [5, 5.41) is 15.7. The lowest BCUT2D eigenvalue weighted by Gasteiger charge is -2.25. The van der Waals surface area contributed by atoms with Crippen LogP contribution >= 0.6 is 0 Å². The molecule has 2 rings (SSSR count). The van der Waals surface area contributed by atoms with Crippen molar-refractivity contribution in [2.24, 2.45) is 0 Å². The summed E-state index contributed by atoms with van der Waals surface area (Å²) in [7, 11) is 0. The summed E-state index contributed by atoms with van der Waals surface area (Å²) >= 11 is 0. The first-order valence-corrected chi connectivity index (χ1v) is 5.59. The molecular weight excluding hydrogens is 212 g/mol. The van der Waals surface area contributed by atoms with E-state index in [-0.39, 0.29) is 18.5 Å². The summed E-state index contributed by atoms with van der Waals surface area (Å²) in [4.78, 5) is 11.7. The fourth-order valence-electron chi connectivity index (χ4n) is 1.84. The number of hydrogen-bond acceptors (Lipinski definition) is 5. The second kappa shape index (κ2) is 5.09. The Morgan fingerprint density at radius 1 is 1.50 bits per heavy atom. The van der Waals surface area contributed by atoms with E-state index in [1.807, 2.05) is 0 Å². The Hall–Kier alpha value is -0.690. The molecule has 2 fully saturated rings.